The molecule has 0 atom stereocenters. The molecule has 0 aliphatic carbocycles. The standard InChI is InChI=1S/C15H17BrN4O/c1-2-3-7-17-14-10-18-13(9-19-14)15(21)20-12-6-4-5-11(16)8-12/h4-6,8-10H,2-3,7H2,1H3,(H,17,19)(H,20,21). The molecule has 1 aromatic carbocycles. The van der Waals surface area contributed by atoms with Gasteiger partial charge in [0.05, 0.1) is 12.4 Å². The third-order valence-electron chi connectivity index (χ3n) is 2.80. The Kier molecular flexibility index (Phi) is 5.68. The molecular weight excluding hydrogens is 332 g/mol. The molecule has 2 rings (SSSR count). The number of hydrogen-bond donors (Lipinski definition) is 2. The molecule has 0 saturated carbocycles. The number of carbonyl (C=O) groups excluding carboxylic acids is 1. The predicted molar refractivity (Wildman–Crippen MR) is 87.5 cm³/mol. The number of carbonyl (C=O) groups is 1. The topological polar surface area (TPSA) is 66.9 Å². The summed E-state index contributed by atoms with van der Waals surface area (Å²) in [4.78, 5) is 20.4. The van der Waals surface area contributed by atoms with Gasteiger partial charge in [-0.2, -0.15) is 0 Å². The first-order chi connectivity index (χ1) is 10.2. The van der Waals surface area contributed by atoms with Gasteiger partial charge >= 0.3 is 0 Å². The average molecular weight is 349 g/mol. The van der Waals surface area contributed by atoms with Crippen LogP contribution in [-0.4, -0.2) is 22.4 Å². The van der Waals surface area contributed by atoms with Crippen LogP contribution in [0, 0.1) is 0 Å². The summed E-state index contributed by atoms with van der Waals surface area (Å²) in [5.41, 5.74) is 0.998. The van der Waals surface area contributed by atoms with Crippen LogP contribution in [0.2, 0.25) is 0 Å². The fourth-order valence-electron chi connectivity index (χ4n) is 1.69. The van der Waals surface area contributed by atoms with Gasteiger partial charge in [0.25, 0.3) is 5.91 Å². The van der Waals surface area contributed by atoms with E-state index >= 15 is 0 Å². The number of benzene rings is 1. The molecule has 110 valence electrons. The summed E-state index contributed by atoms with van der Waals surface area (Å²) >= 11 is 3.36. The van der Waals surface area contributed by atoms with E-state index in [-0.39, 0.29) is 11.6 Å². The van der Waals surface area contributed by atoms with Crippen LogP contribution in [0.3, 0.4) is 0 Å². The predicted octanol–water partition coefficient (Wildman–Crippen LogP) is 3.70. The van der Waals surface area contributed by atoms with Crippen LogP contribution in [0.25, 0.3) is 0 Å². The minimum absolute atomic E-state index is 0.277. The molecule has 6 heteroatoms. The van der Waals surface area contributed by atoms with Crippen molar-refractivity contribution in [2.75, 3.05) is 17.2 Å². The normalized spacial score (nSPS) is 10.2. The summed E-state index contributed by atoms with van der Waals surface area (Å²) in [7, 11) is 0. The lowest BCUT2D eigenvalue weighted by molar-refractivity contribution is 0.102. The molecule has 0 radical (unpaired) electrons. The van der Waals surface area contributed by atoms with Crippen molar-refractivity contribution >= 4 is 33.3 Å². The van der Waals surface area contributed by atoms with Crippen molar-refractivity contribution in [1.82, 2.24) is 9.97 Å². The van der Waals surface area contributed by atoms with E-state index in [9.17, 15) is 4.79 Å². The number of hydrogen-bond acceptors (Lipinski definition) is 4. The third-order valence-corrected chi connectivity index (χ3v) is 3.30. The second-order valence-corrected chi connectivity index (χ2v) is 5.45. The van der Waals surface area contributed by atoms with E-state index in [1.54, 1.807) is 6.20 Å². The molecule has 0 spiro atoms. The fourth-order valence-corrected chi connectivity index (χ4v) is 2.09. The van der Waals surface area contributed by atoms with Gasteiger partial charge in [-0.05, 0) is 24.6 Å². The average Bonchev–Trinajstić information content (AvgIpc) is 2.48. The van der Waals surface area contributed by atoms with E-state index in [1.807, 2.05) is 24.3 Å². The Morgan fingerprint density at radius 2 is 2.14 bits per heavy atom. The minimum Gasteiger partial charge on any atom is -0.369 e. The van der Waals surface area contributed by atoms with Gasteiger partial charge in [-0.25, -0.2) is 9.97 Å². The van der Waals surface area contributed by atoms with Gasteiger partial charge in [-0.1, -0.05) is 35.3 Å². The lowest BCUT2D eigenvalue weighted by Crippen LogP contribution is -2.14. The largest absolute Gasteiger partial charge is 0.369 e. The molecule has 0 saturated heterocycles. The molecule has 0 aliphatic rings. The summed E-state index contributed by atoms with van der Waals surface area (Å²) < 4.78 is 0.904. The Hall–Kier alpha value is -1.95. The number of nitrogens with zero attached hydrogens (tertiary/aromatic N) is 2. The molecule has 0 aliphatic heterocycles. The Balaban J connectivity index is 1.96. The Morgan fingerprint density at radius 3 is 2.81 bits per heavy atom. The van der Waals surface area contributed by atoms with E-state index in [0.717, 1.165) is 23.9 Å². The highest BCUT2D eigenvalue weighted by atomic mass is 79.9. The van der Waals surface area contributed by atoms with Crippen LogP contribution in [0.5, 0.6) is 0 Å². The zero-order chi connectivity index (χ0) is 15.1. The summed E-state index contributed by atoms with van der Waals surface area (Å²) in [5.74, 6) is 0.406. The monoisotopic (exact) mass is 348 g/mol. The van der Waals surface area contributed by atoms with Gasteiger partial charge in [0.1, 0.15) is 11.5 Å². The third kappa shape index (κ3) is 4.82. The van der Waals surface area contributed by atoms with E-state index in [1.165, 1.54) is 6.20 Å². The van der Waals surface area contributed by atoms with Crippen LogP contribution in [0.15, 0.2) is 41.1 Å². The Bertz CT molecular complexity index is 601. The van der Waals surface area contributed by atoms with Crippen molar-refractivity contribution in [2.24, 2.45) is 0 Å². The molecule has 1 heterocycles. The number of amides is 1. The second kappa shape index (κ2) is 7.73. The second-order valence-electron chi connectivity index (χ2n) is 4.53. The van der Waals surface area contributed by atoms with Crippen LogP contribution >= 0.6 is 15.9 Å². The fraction of sp³-hybridized carbons (Fsp3) is 0.267. The van der Waals surface area contributed by atoms with Gasteiger partial charge in [0.15, 0.2) is 0 Å². The van der Waals surface area contributed by atoms with E-state index in [0.29, 0.717) is 11.5 Å². The summed E-state index contributed by atoms with van der Waals surface area (Å²) in [6.07, 6.45) is 5.24. The van der Waals surface area contributed by atoms with Gasteiger partial charge in [-0.3, -0.25) is 4.79 Å². The van der Waals surface area contributed by atoms with E-state index < -0.39 is 0 Å². The molecule has 0 unspecified atom stereocenters. The lowest BCUT2D eigenvalue weighted by Gasteiger charge is -2.06. The number of anilines is 2. The molecule has 21 heavy (non-hydrogen) atoms. The molecule has 0 bridgehead atoms. The van der Waals surface area contributed by atoms with Crippen molar-refractivity contribution in [3.63, 3.8) is 0 Å². The first-order valence-electron chi connectivity index (χ1n) is 6.82. The first-order valence-corrected chi connectivity index (χ1v) is 7.61. The lowest BCUT2D eigenvalue weighted by atomic mass is 10.3. The first kappa shape index (κ1) is 15.4. The molecule has 2 N–H and O–H groups in total. The Morgan fingerprint density at radius 1 is 1.29 bits per heavy atom. The van der Waals surface area contributed by atoms with E-state index in [4.69, 9.17) is 0 Å². The molecule has 1 amide bonds. The van der Waals surface area contributed by atoms with Crippen molar-refractivity contribution in [1.29, 1.82) is 0 Å². The van der Waals surface area contributed by atoms with E-state index in [2.05, 4.69) is 43.5 Å². The van der Waals surface area contributed by atoms with Crippen molar-refractivity contribution in [3.8, 4) is 0 Å². The van der Waals surface area contributed by atoms with Gasteiger partial charge in [0, 0.05) is 16.7 Å². The maximum Gasteiger partial charge on any atom is 0.275 e. The summed E-state index contributed by atoms with van der Waals surface area (Å²) in [6.45, 7) is 2.98. The summed E-state index contributed by atoms with van der Waals surface area (Å²) in [5, 5.41) is 5.94. The van der Waals surface area contributed by atoms with Gasteiger partial charge in [-0.15, -0.1) is 0 Å². The zero-order valence-corrected chi connectivity index (χ0v) is 13.4. The minimum atomic E-state index is -0.277. The van der Waals surface area contributed by atoms with Crippen LogP contribution in [-0.2, 0) is 0 Å². The maximum atomic E-state index is 12.0. The molecule has 5 nitrogen and oxygen atoms in total. The molecule has 1 aromatic heterocycles. The smallest absolute Gasteiger partial charge is 0.275 e. The highest BCUT2D eigenvalue weighted by Gasteiger charge is 2.08. The number of unbranched alkanes of at least 4 members (excludes halogenated alkanes) is 1. The molecule has 2 aromatic rings. The van der Waals surface area contributed by atoms with Gasteiger partial charge < -0.3 is 10.6 Å². The number of aromatic nitrogens is 2. The highest BCUT2D eigenvalue weighted by Crippen LogP contribution is 2.16. The highest BCUT2D eigenvalue weighted by molar-refractivity contribution is 9.10. The number of halogens is 1. The van der Waals surface area contributed by atoms with Crippen LogP contribution < -0.4 is 10.6 Å². The molecule has 0 fully saturated rings. The maximum absolute atomic E-state index is 12.0. The number of nitrogens with one attached hydrogen (secondary N) is 2. The van der Waals surface area contributed by atoms with Crippen LogP contribution in [0.4, 0.5) is 11.5 Å². The SMILES string of the molecule is CCCCNc1cnc(C(=O)Nc2cccc(Br)c2)cn1. The summed E-state index contributed by atoms with van der Waals surface area (Å²) in [6, 6.07) is 7.39. The van der Waals surface area contributed by atoms with Crippen LogP contribution in [0.1, 0.15) is 30.3 Å². The van der Waals surface area contributed by atoms with Crippen molar-refractivity contribution < 1.29 is 4.79 Å². The molecular formula is C15H17BrN4O. The van der Waals surface area contributed by atoms with Crippen molar-refractivity contribution in [2.45, 2.75) is 19.8 Å². The van der Waals surface area contributed by atoms with Crippen molar-refractivity contribution in [3.05, 3.63) is 46.8 Å². The quantitative estimate of drug-likeness (QED) is 0.781. The number of rotatable bonds is 6. The van der Waals surface area contributed by atoms with Gasteiger partial charge in [0.2, 0.25) is 0 Å². The Labute approximate surface area is 132 Å². The zero-order valence-electron chi connectivity index (χ0n) is 11.8.